The van der Waals surface area contributed by atoms with Crippen LogP contribution in [0.4, 0.5) is 0 Å². The standard InChI is InChI=1S/C16H23NO3S/c1-10-6-4-5-7-13(10)17-15(18)12(3)20-16(19)14-9-8-11(2)21-14/h8-10,12-13H,4-7H2,1-3H3,(H,17,18)/t10-,12-,13-/m1/s1. The van der Waals surface area contributed by atoms with Gasteiger partial charge in [0.15, 0.2) is 6.10 Å². The third-order valence-corrected chi connectivity index (χ3v) is 5.01. The lowest BCUT2D eigenvalue weighted by atomic mass is 9.86. The molecule has 3 atom stereocenters. The Morgan fingerprint density at radius 3 is 2.67 bits per heavy atom. The van der Waals surface area contributed by atoms with Crippen LogP contribution in [0.25, 0.3) is 0 Å². The molecule has 5 heteroatoms. The molecule has 0 unspecified atom stereocenters. The number of esters is 1. The van der Waals surface area contributed by atoms with Crippen molar-refractivity contribution in [1.82, 2.24) is 5.32 Å². The lowest BCUT2D eigenvalue weighted by Gasteiger charge is -2.30. The summed E-state index contributed by atoms with van der Waals surface area (Å²) in [6.45, 7) is 5.72. The third kappa shape index (κ3) is 4.30. The lowest BCUT2D eigenvalue weighted by Crippen LogP contribution is -2.45. The van der Waals surface area contributed by atoms with Crippen LogP contribution in [0.15, 0.2) is 12.1 Å². The molecule has 1 heterocycles. The summed E-state index contributed by atoms with van der Waals surface area (Å²) in [5.74, 6) is -0.131. The molecule has 0 radical (unpaired) electrons. The fraction of sp³-hybridized carbons (Fsp3) is 0.625. The molecule has 21 heavy (non-hydrogen) atoms. The van der Waals surface area contributed by atoms with Crippen molar-refractivity contribution in [2.75, 3.05) is 0 Å². The number of amides is 1. The maximum Gasteiger partial charge on any atom is 0.349 e. The van der Waals surface area contributed by atoms with E-state index in [1.165, 1.54) is 17.8 Å². The summed E-state index contributed by atoms with van der Waals surface area (Å²) in [5.41, 5.74) is 0. The normalized spacial score (nSPS) is 23.4. The van der Waals surface area contributed by atoms with E-state index in [0.717, 1.165) is 24.1 Å². The summed E-state index contributed by atoms with van der Waals surface area (Å²) >= 11 is 1.38. The van der Waals surface area contributed by atoms with E-state index in [-0.39, 0.29) is 11.9 Å². The second-order valence-electron chi connectivity index (χ2n) is 5.83. The number of rotatable bonds is 4. The SMILES string of the molecule is Cc1ccc(C(=O)O[C@H](C)C(=O)N[C@@H]2CCCC[C@H]2C)s1. The van der Waals surface area contributed by atoms with E-state index in [1.807, 2.05) is 13.0 Å². The first-order valence-corrected chi connectivity index (χ1v) is 8.37. The lowest BCUT2D eigenvalue weighted by molar-refractivity contribution is -0.130. The molecule has 2 rings (SSSR count). The average molecular weight is 309 g/mol. The van der Waals surface area contributed by atoms with E-state index >= 15 is 0 Å². The Labute approximate surface area is 129 Å². The zero-order valence-electron chi connectivity index (χ0n) is 12.8. The smallest absolute Gasteiger partial charge is 0.349 e. The van der Waals surface area contributed by atoms with E-state index < -0.39 is 12.1 Å². The monoisotopic (exact) mass is 309 g/mol. The number of hydrogen-bond acceptors (Lipinski definition) is 4. The van der Waals surface area contributed by atoms with Crippen LogP contribution in [0.2, 0.25) is 0 Å². The highest BCUT2D eigenvalue weighted by Crippen LogP contribution is 2.24. The molecular formula is C16H23NO3S. The van der Waals surface area contributed by atoms with Crippen LogP contribution in [-0.2, 0) is 9.53 Å². The first kappa shape index (κ1) is 16.0. The van der Waals surface area contributed by atoms with Gasteiger partial charge >= 0.3 is 5.97 Å². The van der Waals surface area contributed by atoms with Crippen molar-refractivity contribution in [3.8, 4) is 0 Å². The van der Waals surface area contributed by atoms with Gasteiger partial charge in [-0.2, -0.15) is 0 Å². The van der Waals surface area contributed by atoms with E-state index in [0.29, 0.717) is 10.8 Å². The minimum absolute atomic E-state index is 0.199. The Kier molecular flexibility index (Phi) is 5.39. The van der Waals surface area contributed by atoms with E-state index in [1.54, 1.807) is 13.0 Å². The van der Waals surface area contributed by atoms with Gasteiger partial charge in [0, 0.05) is 10.9 Å². The number of aryl methyl sites for hydroxylation is 1. The Bertz CT molecular complexity index is 511. The predicted molar refractivity (Wildman–Crippen MR) is 83.5 cm³/mol. The number of carbonyl (C=O) groups excluding carboxylic acids is 2. The van der Waals surface area contributed by atoms with Gasteiger partial charge in [0.25, 0.3) is 5.91 Å². The van der Waals surface area contributed by atoms with E-state index in [9.17, 15) is 9.59 Å². The molecule has 1 fully saturated rings. The van der Waals surface area contributed by atoms with Gasteiger partial charge in [-0.05, 0) is 44.7 Å². The largest absolute Gasteiger partial charge is 0.448 e. The zero-order chi connectivity index (χ0) is 15.4. The Balaban J connectivity index is 1.86. The fourth-order valence-corrected chi connectivity index (χ4v) is 3.40. The maximum absolute atomic E-state index is 12.1. The second-order valence-corrected chi connectivity index (χ2v) is 7.12. The Hall–Kier alpha value is -1.36. The summed E-state index contributed by atoms with van der Waals surface area (Å²) in [5, 5.41) is 3.02. The van der Waals surface area contributed by atoms with Gasteiger partial charge in [-0.1, -0.05) is 19.8 Å². The van der Waals surface area contributed by atoms with Gasteiger partial charge in [0.05, 0.1) is 0 Å². The van der Waals surface area contributed by atoms with Gasteiger partial charge in [-0.25, -0.2) is 4.79 Å². The van der Waals surface area contributed by atoms with Crippen molar-refractivity contribution in [3.05, 3.63) is 21.9 Å². The van der Waals surface area contributed by atoms with Crippen molar-refractivity contribution in [2.45, 2.75) is 58.6 Å². The molecule has 1 aromatic heterocycles. The van der Waals surface area contributed by atoms with Crippen molar-refractivity contribution in [1.29, 1.82) is 0 Å². The topological polar surface area (TPSA) is 55.4 Å². The summed E-state index contributed by atoms with van der Waals surface area (Å²) in [6.07, 6.45) is 3.79. The third-order valence-electron chi connectivity index (χ3n) is 4.03. The van der Waals surface area contributed by atoms with Crippen molar-refractivity contribution in [3.63, 3.8) is 0 Å². The van der Waals surface area contributed by atoms with Crippen LogP contribution >= 0.6 is 11.3 Å². The predicted octanol–water partition coefficient (Wildman–Crippen LogP) is 3.30. The highest BCUT2D eigenvalue weighted by Gasteiger charge is 2.26. The fourth-order valence-electron chi connectivity index (χ4n) is 2.65. The number of ether oxygens (including phenoxy) is 1. The van der Waals surface area contributed by atoms with Crippen LogP contribution in [0.3, 0.4) is 0 Å². The molecule has 116 valence electrons. The van der Waals surface area contributed by atoms with Crippen LogP contribution in [0.1, 0.15) is 54.1 Å². The Morgan fingerprint density at radius 2 is 2.05 bits per heavy atom. The first-order valence-electron chi connectivity index (χ1n) is 7.55. The van der Waals surface area contributed by atoms with Crippen LogP contribution in [0, 0.1) is 12.8 Å². The maximum atomic E-state index is 12.1. The molecule has 0 saturated heterocycles. The van der Waals surface area contributed by atoms with Crippen LogP contribution in [0.5, 0.6) is 0 Å². The van der Waals surface area contributed by atoms with Crippen LogP contribution in [-0.4, -0.2) is 24.0 Å². The summed E-state index contributed by atoms with van der Waals surface area (Å²) in [4.78, 5) is 25.7. The molecule has 1 aromatic rings. The molecule has 0 spiro atoms. The van der Waals surface area contributed by atoms with Crippen molar-refractivity contribution < 1.29 is 14.3 Å². The van der Waals surface area contributed by atoms with Gasteiger partial charge in [0.2, 0.25) is 0 Å². The molecule has 4 nitrogen and oxygen atoms in total. The average Bonchev–Trinajstić information content (AvgIpc) is 2.88. The molecule has 0 aromatic carbocycles. The van der Waals surface area contributed by atoms with Gasteiger partial charge in [-0.3, -0.25) is 4.79 Å². The molecule has 1 aliphatic rings. The highest BCUT2D eigenvalue weighted by atomic mass is 32.1. The minimum Gasteiger partial charge on any atom is -0.448 e. The summed E-state index contributed by atoms with van der Waals surface area (Å²) in [7, 11) is 0. The molecule has 0 aliphatic heterocycles. The Morgan fingerprint density at radius 1 is 1.33 bits per heavy atom. The summed E-state index contributed by atoms with van der Waals surface area (Å²) < 4.78 is 5.25. The second kappa shape index (κ2) is 7.07. The molecule has 1 saturated carbocycles. The van der Waals surface area contributed by atoms with Crippen molar-refractivity contribution in [2.24, 2.45) is 5.92 Å². The molecule has 1 aliphatic carbocycles. The van der Waals surface area contributed by atoms with Crippen molar-refractivity contribution >= 4 is 23.2 Å². The van der Waals surface area contributed by atoms with E-state index in [2.05, 4.69) is 12.2 Å². The molecule has 1 amide bonds. The molecular weight excluding hydrogens is 286 g/mol. The quantitative estimate of drug-likeness (QED) is 0.868. The zero-order valence-corrected chi connectivity index (χ0v) is 13.7. The first-order chi connectivity index (χ1) is 9.97. The van der Waals surface area contributed by atoms with E-state index in [4.69, 9.17) is 4.74 Å². The number of carbonyl (C=O) groups is 2. The highest BCUT2D eigenvalue weighted by molar-refractivity contribution is 7.13. The number of thiophene rings is 1. The molecule has 0 bridgehead atoms. The molecule has 1 N–H and O–H groups in total. The minimum atomic E-state index is -0.756. The van der Waals surface area contributed by atoms with Gasteiger partial charge in [-0.15, -0.1) is 11.3 Å². The van der Waals surface area contributed by atoms with Gasteiger partial charge < -0.3 is 10.1 Å². The number of nitrogens with one attached hydrogen (secondary N) is 1. The van der Waals surface area contributed by atoms with Crippen LogP contribution < -0.4 is 5.32 Å². The van der Waals surface area contributed by atoms with Gasteiger partial charge in [0.1, 0.15) is 4.88 Å². The number of hydrogen-bond donors (Lipinski definition) is 1. The summed E-state index contributed by atoms with van der Waals surface area (Å²) in [6, 6.07) is 3.81.